The Morgan fingerprint density at radius 1 is 1.39 bits per heavy atom. The van der Waals surface area contributed by atoms with Crippen LogP contribution in [0.2, 0.25) is 0 Å². The summed E-state index contributed by atoms with van der Waals surface area (Å²) in [6.07, 6.45) is 3.80. The number of nitrogens with one attached hydrogen (secondary N) is 3. The lowest BCUT2D eigenvalue weighted by molar-refractivity contribution is -0.119. The molecule has 2 rings (SSSR count). The highest BCUT2D eigenvalue weighted by molar-refractivity contribution is 7.89. The summed E-state index contributed by atoms with van der Waals surface area (Å²) >= 11 is 0. The molecular weight excluding hydrogens is 323 g/mol. The van der Waals surface area contributed by atoms with Crippen molar-refractivity contribution in [2.24, 2.45) is 0 Å². The lowest BCUT2D eigenvalue weighted by Gasteiger charge is -2.09. The summed E-state index contributed by atoms with van der Waals surface area (Å²) < 4.78 is 39.4. The minimum Gasteiger partial charge on any atom is -0.355 e. The van der Waals surface area contributed by atoms with E-state index in [1.165, 1.54) is 13.0 Å². The SMILES string of the molecule is Cc1cc(F)ccc1S(=O)(=O)NCC(=O)NCCc1ncc[nH]1. The number of aromatic amines is 1. The molecule has 7 nitrogen and oxygen atoms in total. The predicted molar refractivity (Wildman–Crippen MR) is 81.6 cm³/mol. The van der Waals surface area contributed by atoms with Crippen molar-refractivity contribution in [1.29, 1.82) is 0 Å². The van der Waals surface area contributed by atoms with Gasteiger partial charge in [0.1, 0.15) is 11.6 Å². The van der Waals surface area contributed by atoms with E-state index >= 15 is 0 Å². The zero-order valence-electron chi connectivity index (χ0n) is 12.5. The highest BCUT2D eigenvalue weighted by atomic mass is 32.2. The van der Waals surface area contributed by atoms with Crippen LogP contribution in [0.15, 0.2) is 35.5 Å². The van der Waals surface area contributed by atoms with Gasteiger partial charge in [0.25, 0.3) is 0 Å². The van der Waals surface area contributed by atoms with Gasteiger partial charge in [-0.1, -0.05) is 0 Å². The average molecular weight is 340 g/mol. The second-order valence-electron chi connectivity index (χ2n) is 4.87. The number of halogens is 1. The molecule has 1 amide bonds. The van der Waals surface area contributed by atoms with Crippen molar-refractivity contribution in [3.8, 4) is 0 Å². The molecule has 0 atom stereocenters. The van der Waals surface area contributed by atoms with Gasteiger partial charge in [-0.05, 0) is 30.7 Å². The number of H-pyrrole nitrogens is 1. The highest BCUT2D eigenvalue weighted by Gasteiger charge is 2.18. The fraction of sp³-hybridized carbons (Fsp3) is 0.286. The van der Waals surface area contributed by atoms with Crippen LogP contribution in [0.3, 0.4) is 0 Å². The van der Waals surface area contributed by atoms with E-state index in [0.29, 0.717) is 13.0 Å². The molecule has 0 saturated heterocycles. The summed E-state index contributed by atoms with van der Waals surface area (Å²) in [4.78, 5) is 18.5. The number of sulfonamides is 1. The van der Waals surface area contributed by atoms with Crippen LogP contribution in [-0.2, 0) is 21.2 Å². The number of benzene rings is 1. The van der Waals surface area contributed by atoms with Crippen molar-refractivity contribution >= 4 is 15.9 Å². The van der Waals surface area contributed by atoms with Gasteiger partial charge in [-0.3, -0.25) is 4.79 Å². The van der Waals surface area contributed by atoms with Crippen LogP contribution in [0.1, 0.15) is 11.4 Å². The average Bonchev–Trinajstić information content (AvgIpc) is 2.98. The minimum atomic E-state index is -3.87. The lowest BCUT2D eigenvalue weighted by Crippen LogP contribution is -2.37. The number of aryl methyl sites for hydroxylation is 1. The van der Waals surface area contributed by atoms with Crippen LogP contribution >= 0.6 is 0 Å². The van der Waals surface area contributed by atoms with Gasteiger partial charge in [-0.25, -0.2) is 22.5 Å². The number of imidazole rings is 1. The molecule has 2 aromatic rings. The Labute approximate surface area is 133 Å². The first-order valence-electron chi connectivity index (χ1n) is 6.89. The molecular formula is C14H17FN4O3S. The summed E-state index contributed by atoms with van der Waals surface area (Å²) in [6.45, 7) is 1.43. The summed E-state index contributed by atoms with van der Waals surface area (Å²) in [5, 5.41) is 2.58. The Morgan fingerprint density at radius 2 is 2.17 bits per heavy atom. The van der Waals surface area contributed by atoms with E-state index in [2.05, 4.69) is 20.0 Å². The zero-order valence-corrected chi connectivity index (χ0v) is 13.3. The number of nitrogens with zero attached hydrogens (tertiary/aromatic N) is 1. The van der Waals surface area contributed by atoms with Gasteiger partial charge in [-0.15, -0.1) is 0 Å². The summed E-state index contributed by atoms with van der Waals surface area (Å²) in [6, 6.07) is 3.35. The zero-order chi connectivity index (χ0) is 16.9. The number of carbonyl (C=O) groups excluding carboxylic acids is 1. The minimum absolute atomic E-state index is 0.0534. The molecule has 1 aromatic heterocycles. The fourth-order valence-corrected chi connectivity index (χ4v) is 3.18. The maximum Gasteiger partial charge on any atom is 0.241 e. The summed E-state index contributed by atoms with van der Waals surface area (Å²) in [5.74, 6) is -0.246. The normalized spacial score (nSPS) is 11.4. The molecule has 3 N–H and O–H groups in total. The molecule has 1 aromatic carbocycles. The first kappa shape index (κ1) is 17.1. The van der Waals surface area contributed by atoms with Crippen LogP contribution in [-0.4, -0.2) is 37.4 Å². The monoisotopic (exact) mass is 340 g/mol. The van der Waals surface area contributed by atoms with Gasteiger partial charge in [0.05, 0.1) is 11.4 Å². The van der Waals surface area contributed by atoms with Crippen molar-refractivity contribution in [3.63, 3.8) is 0 Å². The third-order valence-corrected chi connectivity index (χ3v) is 4.65. The van der Waals surface area contributed by atoms with E-state index in [9.17, 15) is 17.6 Å². The molecule has 0 aliphatic heterocycles. The van der Waals surface area contributed by atoms with Crippen molar-refractivity contribution in [2.75, 3.05) is 13.1 Å². The number of amides is 1. The molecule has 0 aliphatic rings. The first-order chi connectivity index (χ1) is 10.9. The number of aromatic nitrogens is 2. The van der Waals surface area contributed by atoms with E-state index in [4.69, 9.17) is 0 Å². The molecule has 124 valence electrons. The van der Waals surface area contributed by atoms with Crippen molar-refractivity contribution in [1.82, 2.24) is 20.0 Å². The van der Waals surface area contributed by atoms with Crippen molar-refractivity contribution in [3.05, 3.63) is 47.8 Å². The topological polar surface area (TPSA) is 104 Å². The molecule has 0 saturated carbocycles. The van der Waals surface area contributed by atoms with E-state index in [-0.39, 0.29) is 10.5 Å². The molecule has 0 spiro atoms. The van der Waals surface area contributed by atoms with Gasteiger partial charge < -0.3 is 10.3 Å². The molecule has 23 heavy (non-hydrogen) atoms. The second kappa shape index (κ2) is 7.34. The number of carbonyl (C=O) groups is 1. The molecule has 0 aliphatic carbocycles. The van der Waals surface area contributed by atoms with E-state index in [0.717, 1.165) is 18.0 Å². The Hall–Kier alpha value is -2.26. The Morgan fingerprint density at radius 3 is 2.83 bits per heavy atom. The van der Waals surface area contributed by atoms with E-state index in [1.54, 1.807) is 12.4 Å². The molecule has 9 heteroatoms. The molecule has 0 radical (unpaired) electrons. The third-order valence-electron chi connectivity index (χ3n) is 3.09. The predicted octanol–water partition coefficient (Wildman–Crippen LogP) is 0.494. The molecule has 0 fully saturated rings. The maximum absolute atomic E-state index is 13.0. The highest BCUT2D eigenvalue weighted by Crippen LogP contribution is 2.15. The Bertz CT molecular complexity index is 775. The first-order valence-corrected chi connectivity index (χ1v) is 8.37. The van der Waals surface area contributed by atoms with Crippen LogP contribution in [0.5, 0.6) is 0 Å². The van der Waals surface area contributed by atoms with Gasteiger partial charge in [0.2, 0.25) is 15.9 Å². The number of hydrogen-bond donors (Lipinski definition) is 3. The smallest absolute Gasteiger partial charge is 0.241 e. The Kier molecular flexibility index (Phi) is 5.45. The largest absolute Gasteiger partial charge is 0.355 e. The molecule has 0 bridgehead atoms. The van der Waals surface area contributed by atoms with Gasteiger partial charge in [0, 0.05) is 25.4 Å². The standard InChI is InChI=1S/C14H17FN4O3S/c1-10-8-11(15)2-3-12(10)23(21,22)19-9-14(20)18-5-4-13-16-6-7-17-13/h2-3,6-8,19H,4-5,9H2,1H3,(H,16,17)(H,18,20). The summed E-state index contributed by atoms with van der Waals surface area (Å²) in [5.41, 5.74) is 0.274. The quantitative estimate of drug-likeness (QED) is 0.682. The van der Waals surface area contributed by atoms with Crippen LogP contribution in [0, 0.1) is 12.7 Å². The number of hydrogen-bond acceptors (Lipinski definition) is 4. The molecule has 0 unspecified atom stereocenters. The van der Waals surface area contributed by atoms with E-state index in [1.807, 2.05) is 0 Å². The van der Waals surface area contributed by atoms with Gasteiger partial charge in [-0.2, -0.15) is 0 Å². The molecule has 1 heterocycles. The van der Waals surface area contributed by atoms with Crippen molar-refractivity contribution < 1.29 is 17.6 Å². The van der Waals surface area contributed by atoms with Crippen LogP contribution in [0.25, 0.3) is 0 Å². The van der Waals surface area contributed by atoms with Crippen molar-refractivity contribution in [2.45, 2.75) is 18.2 Å². The number of rotatable bonds is 7. The van der Waals surface area contributed by atoms with Crippen LogP contribution in [0.4, 0.5) is 4.39 Å². The maximum atomic E-state index is 13.0. The third kappa shape index (κ3) is 4.86. The second-order valence-corrected chi connectivity index (χ2v) is 6.61. The Balaban J connectivity index is 1.85. The fourth-order valence-electron chi connectivity index (χ4n) is 1.97. The summed E-state index contributed by atoms with van der Waals surface area (Å²) in [7, 11) is -3.87. The van der Waals surface area contributed by atoms with E-state index < -0.39 is 28.3 Å². The lowest BCUT2D eigenvalue weighted by atomic mass is 10.2. The van der Waals surface area contributed by atoms with Crippen LogP contribution < -0.4 is 10.0 Å². The van der Waals surface area contributed by atoms with Gasteiger partial charge in [0.15, 0.2) is 0 Å². The van der Waals surface area contributed by atoms with Gasteiger partial charge >= 0.3 is 0 Å².